The molecule has 1 aromatic rings. The molecule has 1 rings (SSSR count). The van der Waals surface area contributed by atoms with Crippen LogP contribution in [0, 0.1) is 0 Å². The van der Waals surface area contributed by atoms with Crippen LogP contribution < -0.4 is 20.7 Å². The third kappa shape index (κ3) is 8.84. The van der Waals surface area contributed by atoms with E-state index in [2.05, 4.69) is 25.7 Å². The predicted octanol–water partition coefficient (Wildman–Crippen LogP) is 2.91. The maximum Gasteiger partial charge on any atom is 0.387 e. The van der Waals surface area contributed by atoms with Crippen molar-refractivity contribution in [3.63, 3.8) is 0 Å². The number of benzene rings is 1. The van der Waals surface area contributed by atoms with Gasteiger partial charge in [0.1, 0.15) is 5.75 Å². The first-order valence-corrected chi connectivity index (χ1v) is 8.86. The maximum absolute atomic E-state index is 12.5. The zero-order valence-corrected chi connectivity index (χ0v) is 15.7. The van der Waals surface area contributed by atoms with Crippen LogP contribution in [-0.2, 0) is 11.3 Å². The number of hydrogen-bond donors (Lipinski definition) is 3. The number of carbonyl (C=O) groups excluding carboxylic acids is 1. The Bertz CT molecular complexity index is 600. The van der Waals surface area contributed by atoms with Crippen LogP contribution in [0.5, 0.6) is 5.75 Å². The number of alkyl halides is 2. The van der Waals surface area contributed by atoms with Gasteiger partial charge in [-0.1, -0.05) is 18.5 Å². The molecule has 0 radical (unpaired) electrons. The fraction of sp³-hybridized carbons (Fsp3) is 0.529. The minimum Gasteiger partial charge on any atom is -0.434 e. The lowest BCUT2D eigenvalue weighted by atomic mass is 10.2. The fourth-order valence-electron chi connectivity index (χ4n) is 2.04. The van der Waals surface area contributed by atoms with Gasteiger partial charge in [0.25, 0.3) is 0 Å². The number of ether oxygens (including phenoxy) is 1. The Hall–Kier alpha value is -2.09. The largest absolute Gasteiger partial charge is 0.434 e. The SMILES string of the molecule is CCCNC(=O)CCNC(=NCc1cc(Cl)ccc1OC(F)F)NCC. The Morgan fingerprint density at radius 3 is 2.65 bits per heavy atom. The van der Waals surface area contributed by atoms with Gasteiger partial charge in [-0.2, -0.15) is 8.78 Å². The average molecular weight is 391 g/mol. The third-order valence-corrected chi connectivity index (χ3v) is 3.44. The van der Waals surface area contributed by atoms with Gasteiger partial charge in [-0.25, -0.2) is 4.99 Å². The van der Waals surface area contributed by atoms with Crippen LogP contribution in [-0.4, -0.2) is 38.1 Å². The van der Waals surface area contributed by atoms with Crippen LogP contribution in [0.2, 0.25) is 5.02 Å². The van der Waals surface area contributed by atoms with Gasteiger partial charge in [-0.05, 0) is 31.5 Å². The van der Waals surface area contributed by atoms with Crippen LogP contribution in [0.25, 0.3) is 0 Å². The second-order valence-electron chi connectivity index (χ2n) is 5.35. The molecular formula is C17H25ClF2N4O2. The van der Waals surface area contributed by atoms with E-state index in [1.165, 1.54) is 18.2 Å². The monoisotopic (exact) mass is 390 g/mol. The molecule has 0 saturated carbocycles. The molecule has 3 N–H and O–H groups in total. The van der Waals surface area contributed by atoms with Crippen molar-refractivity contribution in [1.82, 2.24) is 16.0 Å². The first-order chi connectivity index (χ1) is 12.5. The Morgan fingerprint density at radius 1 is 1.23 bits per heavy atom. The van der Waals surface area contributed by atoms with Crippen LogP contribution in [0.4, 0.5) is 8.78 Å². The second kappa shape index (κ2) is 12.3. The van der Waals surface area contributed by atoms with Crippen molar-refractivity contribution in [3.05, 3.63) is 28.8 Å². The minimum atomic E-state index is -2.92. The van der Waals surface area contributed by atoms with E-state index in [1.807, 2.05) is 13.8 Å². The second-order valence-corrected chi connectivity index (χ2v) is 5.79. The Balaban J connectivity index is 2.68. The third-order valence-electron chi connectivity index (χ3n) is 3.21. The lowest BCUT2D eigenvalue weighted by Gasteiger charge is -2.13. The molecule has 146 valence electrons. The summed E-state index contributed by atoms with van der Waals surface area (Å²) in [6.07, 6.45) is 1.19. The molecule has 0 spiro atoms. The maximum atomic E-state index is 12.5. The highest BCUT2D eigenvalue weighted by Gasteiger charge is 2.10. The Morgan fingerprint density at radius 2 is 2.00 bits per heavy atom. The first kappa shape index (κ1) is 22.0. The number of nitrogens with zero attached hydrogens (tertiary/aromatic N) is 1. The van der Waals surface area contributed by atoms with Crippen molar-refractivity contribution in [2.24, 2.45) is 4.99 Å². The first-order valence-electron chi connectivity index (χ1n) is 8.48. The van der Waals surface area contributed by atoms with Crippen molar-refractivity contribution in [2.75, 3.05) is 19.6 Å². The zero-order valence-electron chi connectivity index (χ0n) is 14.9. The molecule has 0 aliphatic heterocycles. The van der Waals surface area contributed by atoms with Crippen molar-refractivity contribution in [1.29, 1.82) is 0 Å². The van der Waals surface area contributed by atoms with E-state index >= 15 is 0 Å². The predicted molar refractivity (Wildman–Crippen MR) is 98.8 cm³/mol. The number of rotatable bonds is 10. The lowest BCUT2D eigenvalue weighted by Crippen LogP contribution is -2.39. The highest BCUT2D eigenvalue weighted by atomic mass is 35.5. The molecular weight excluding hydrogens is 366 g/mol. The van der Waals surface area contributed by atoms with Gasteiger partial charge in [0.2, 0.25) is 5.91 Å². The van der Waals surface area contributed by atoms with Gasteiger partial charge in [-0.15, -0.1) is 0 Å². The molecule has 0 unspecified atom stereocenters. The van der Waals surface area contributed by atoms with Crippen LogP contribution in [0.15, 0.2) is 23.2 Å². The van der Waals surface area contributed by atoms with E-state index in [4.69, 9.17) is 11.6 Å². The normalized spacial score (nSPS) is 11.4. The number of hydrogen-bond acceptors (Lipinski definition) is 3. The highest BCUT2D eigenvalue weighted by Crippen LogP contribution is 2.25. The molecule has 0 aliphatic rings. The van der Waals surface area contributed by atoms with Gasteiger partial charge in [0.05, 0.1) is 6.54 Å². The van der Waals surface area contributed by atoms with E-state index in [0.717, 1.165) is 6.42 Å². The van der Waals surface area contributed by atoms with E-state index in [1.54, 1.807) is 0 Å². The van der Waals surface area contributed by atoms with Gasteiger partial charge >= 0.3 is 6.61 Å². The van der Waals surface area contributed by atoms with Gasteiger partial charge in [0, 0.05) is 36.6 Å². The molecule has 1 amide bonds. The van der Waals surface area contributed by atoms with Crippen molar-refractivity contribution in [2.45, 2.75) is 39.8 Å². The Labute approximate surface area is 157 Å². The number of guanidine groups is 1. The summed E-state index contributed by atoms with van der Waals surface area (Å²) < 4.78 is 29.5. The molecule has 6 nitrogen and oxygen atoms in total. The molecule has 1 aromatic carbocycles. The molecule has 0 heterocycles. The summed E-state index contributed by atoms with van der Waals surface area (Å²) in [4.78, 5) is 15.9. The molecule has 0 saturated heterocycles. The average Bonchev–Trinajstić information content (AvgIpc) is 2.59. The van der Waals surface area contributed by atoms with E-state index in [-0.39, 0.29) is 18.2 Å². The molecule has 0 fully saturated rings. The molecule has 0 bridgehead atoms. The number of nitrogens with one attached hydrogen (secondary N) is 3. The van der Waals surface area contributed by atoms with Gasteiger partial charge in [-0.3, -0.25) is 4.79 Å². The van der Waals surface area contributed by atoms with E-state index < -0.39 is 6.61 Å². The molecule has 0 aromatic heterocycles. The molecule has 26 heavy (non-hydrogen) atoms. The van der Waals surface area contributed by atoms with Crippen LogP contribution in [0.1, 0.15) is 32.3 Å². The summed E-state index contributed by atoms with van der Waals surface area (Å²) >= 11 is 5.92. The fourth-order valence-corrected chi connectivity index (χ4v) is 2.23. The van der Waals surface area contributed by atoms with Gasteiger partial charge < -0.3 is 20.7 Å². The number of carbonyl (C=O) groups is 1. The van der Waals surface area contributed by atoms with Crippen LogP contribution >= 0.6 is 11.6 Å². The summed E-state index contributed by atoms with van der Waals surface area (Å²) in [7, 11) is 0. The van der Waals surface area contributed by atoms with E-state index in [0.29, 0.717) is 42.6 Å². The lowest BCUT2D eigenvalue weighted by molar-refractivity contribution is -0.120. The van der Waals surface area contributed by atoms with Crippen molar-refractivity contribution in [3.8, 4) is 5.75 Å². The summed E-state index contributed by atoms with van der Waals surface area (Å²) in [6, 6.07) is 4.40. The molecule has 9 heteroatoms. The molecule has 0 aliphatic carbocycles. The minimum absolute atomic E-state index is 0.0305. The number of aliphatic imine (C=N–C) groups is 1. The number of amides is 1. The summed E-state index contributed by atoms with van der Waals surface area (Å²) in [5.41, 5.74) is 0.440. The van der Waals surface area contributed by atoms with E-state index in [9.17, 15) is 13.6 Å². The summed E-state index contributed by atoms with van der Waals surface area (Å²) in [5, 5.41) is 9.25. The quantitative estimate of drug-likeness (QED) is 0.424. The topological polar surface area (TPSA) is 74.8 Å². The van der Waals surface area contributed by atoms with Crippen molar-refractivity contribution >= 4 is 23.5 Å². The zero-order chi connectivity index (χ0) is 19.4. The summed E-state index contributed by atoms with van der Waals surface area (Å²) in [6.45, 7) is 2.72. The smallest absolute Gasteiger partial charge is 0.387 e. The molecule has 0 atom stereocenters. The van der Waals surface area contributed by atoms with Crippen LogP contribution in [0.3, 0.4) is 0 Å². The standard InChI is InChI=1S/C17H25ClF2N4O2/c1-3-8-22-15(25)7-9-23-17(21-4-2)24-11-12-10-13(18)5-6-14(12)26-16(19)20/h5-6,10,16H,3-4,7-9,11H2,1-2H3,(H,22,25)(H2,21,23,24). The number of halogens is 3. The van der Waals surface area contributed by atoms with Crippen molar-refractivity contribution < 1.29 is 18.3 Å². The van der Waals surface area contributed by atoms with Gasteiger partial charge in [0.15, 0.2) is 5.96 Å². The highest BCUT2D eigenvalue weighted by molar-refractivity contribution is 6.30. The summed E-state index contributed by atoms with van der Waals surface area (Å²) in [5.74, 6) is 0.458. The Kier molecular flexibility index (Phi) is 10.4.